The van der Waals surface area contributed by atoms with Crippen LogP contribution in [0.25, 0.3) is 0 Å². The molecular formula is C5H10O4. The van der Waals surface area contributed by atoms with Gasteiger partial charge in [0.1, 0.15) is 6.10 Å². The molecule has 0 radical (unpaired) electrons. The van der Waals surface area contributed by atoms with E-state index in [1.165, 1.54) is 0 Å². The fraction of sp³-hybridized carbons (Fsp3) is 1.00. The number of ether oxygens (including phenoxy) is 1. The molecule has 1 aliphatic heterocycles. The summed E-state index contributed by atoms with van der Waals surface area (Å²) in [6.07, 6.45) is -2.02. The van der Waals surface area contributed by atoms with Gasteiger partial charge in [-0.1, -0.05) is 0 Å². The van der Waals surface area contributed by atoms with Crippen molar-refractivity contribution in [1.82, 2.24) is 0 Å². The summed E-state index contributed by atoms with van der Waals surface area (Å²) in [6.45, 7) is -0.238. The highest BCUT2D eigenvalue weighted by Crippen LogP contribution is 2.17. The average Bonchev–Trinajstić information content (AvgIpc) is 2.10. The Balaban J connectivity index is 2.38. The van der Waals surface area contributed by atoms with Crippen LogP contribution in [0.3, 0.4) is 0 Å². The Bertz CT molecular complexity index is 95.0. The van der Waals surface area contributed by atoms with Crippen molar-refractivity contribution in [2.75, 3.05) is 6.61 Å². The molecule has 0 amide bonds. The van der Waals surface area contributed by atoms with Crippen LogP contribution in [0.4, 0.5) is 0 Å². The van der Waals surface area contributed by atoms with Gasteiger partial charge in [0, 0.05) is 6.42 Å². The highest BCUT2D eigenvalue weighted by Gasteiger charge is 2.31. The van der Waals surface area contributed by atoms with Crippen molar-refractivity contribution in [3.05, 3.63) is 0 Å². The van der Waals surface area contributed by atoms with Crippen molar-refractivity contribution < 1.29 is 20.1 Å². The summed E-state index contributed by atoms with van der Waals surface area (Å²) in [5.74, 6) is 0. The number of aliphatic hydroxyl groups is 3. The van der Waals surface area contributed by atoms with Gasteiger partial charge in [0.25, 0.3) is 0 Å². The van der Waals surface area contributed by atoms with Gasteiger partial charge in [0.05, 0.1) is 12.7 Å². The Hall–Kier alpha value is -0.160. The minimum Gasteiger partial charge on any atom is -0.394 e. The Kier molecular flexibility index (Phi) is 2.02. The minimum atomic E-state index is -0.905. The maximum absolute atomic E-state index is 8.91. The summed E-state index contributed by atoms with van der Waals surface area (Å²) < 4.78 is 4.68. The van der Waals surface area contributed by atoms with Crippen molar-refractivity contribution in [1.29, 1.82) is 0 Å². The molecule has 0 bridgehead atoms. The summed E-state index contributed by atoms with van der Waals surface area (Å²) >= 11 is 0. The van der Waals surface area contributed by atoms with E-state index >= 15 is 0 Å². The van der Waals surface area contributed by atoms with E-state index in [9.17, 15) is 0 Å². The van der Waals surface area contributed by atoms with E-state index in [0.29, 0.717) is 0 Å². The number of hydrogen-bond donors (Lipinski definition) is 3. The molecule has 1 aliphatic rings. The van der Waals surface area contributed by atoms with Crippen LogP contribution < -0.4 is 0 Å². The van der Waals surface area contributed by atoms with Crippen LogP contribution in [0.5, 0.6) is 0 Å². The molecule has 54 valence electrons. The lowest BCUT2D eigenvalue weighted by Gasteiger charge is -2.08. The number of rotatable bonds is 1. The van der Waals surface area contributed by atoms with Crippen LogP contribution in [0, 0.1) is 0 Å². The van der Waals surface area contributed by atoms with Crippen molar-refractivity contribution >= 4 is 0 Å². The lowest BCUT2D eigenvalue weighted by molar-refractivity contribution is -0.107. The molecule has 0 aromatic heterocycles. The first-order chi connectivity index (χ1) is 4.24. The number of hydrogen-bond acceptors (Lipinski definition) is 4. The van der Waals surface area contributed by atoms with Crippen LogP contribution >= 0.6 is 0 Å². The second-order valence-corrected chi connectivity index (χ2v) is 2.11. The molecule has 1 fully saturated rings. The van der Waals surface area contributed by atoms with E-state index in [0.717, 1.165) is 0 Å². The van der Waals surface area contributed by atoms with Crippen LogP contribution in [-0.2, 0) is 4.74 Å². The monoisotopic (exact) mass is 134 g/mol. The van der Waals surface area contributed by atoms with Gasteiger partial charge in [-0.25, -0.2) is 0 Å². The van der Waals surface area contributed by atoms with Crippen molar-refractivity contribution in [3.8, 4) is 0 Å². The predicted molar refractivity (Wildman–Crippen MR) is 28.6 cm³/mol. The van der Waals surface area contributed by atoms with E-state index in [2.05, 4.69) is 4.74 Å². The Labute approximate surface area is 52.7 Å². The third-order valence-electron chi connectivity index (χ3n) is 1.38. The van der Waals surface area contributed by atoms with Gasteiger partial charge in [0.15, 0.2) is 6.29 Å². The standard InChI is InChI=1S/C5H10O4/c6-2-4-3(7)1-5(8)9-4/h3-8H,1-2H2/t3?,4-,5-/m0/s1. The van der Waals surface area contributed by atoms with Gasteiger partial charge >= 0.3 is 0 Å². The van der Waals surface area contributed by atoms with Gasteiger partial charge < -0.3 is 20.1 Å². The molecule has 1 heterocycles. The van der Waals surface area contributed by atoms with Crippen LogP contribution in [0.15, 0.2) is 0 Å². The molecule has 1 saturated heterocycles. The third-order valence-corrected chi connectivity index (χ3v) is 1.38. The van der Waals surface area contributed by atoms with Crippen molar-refractivity contribution in [2.45, 2.75) is 24.9 Å². The Morgan fingerprint density at radius 3 is 2.33 bits per heavy atom. The first-order valence-electron chi connectivity index (χ1n) is 2.86. The molecule has 0 saturated carbocycles. The molecule has 4 heteroatoms. The fourth-order valence-corrected chi connectivity index (χ4v) is 0.871. The largest absolute Gasteiger partial charge is 0.394 e. The smallest absolute Gasteiger partial charge is 0.157 e. The Morgan fingerprint density at radius 2 is 2.11 bits per heavy atom. The van der Waals surface area contributed by atoms with E-state index in [1.54, 1.807) is 0 Å². The summed E-state index contributed by atoms with van der Waals surface area (Å²) in [4.78, 5) is 0. The van der Waals surface area contributed by atoms with E-state index in [-0.39, 0.29) is 13.0 Å². The Morgan fingerprint density at radius 1 is 1.44 bits per heavy atom. The molecule has 9 heavy (non-hydrogen) atoms. The quantitative estimate of drug-likeness (QED) is 0.406. The average molecular weight is 134 g/mol. The van der Waals surface area contributed by atoms with Crippen LogP contribution in [0.1, 0.15) is 6.42 Å². The van der Waals surface area contributed by atoms with Crippen LogP contribution in [-0.4, -0.2) is 40.4 Å². The number of aliphatic hydroxyl groups excluding tert-OH is 3. The van der Waals surface area contributed by atoms with Gasteiger partial charge in [-0.15, -0.1) is 0 Å². The summed E-state index contributed by atoms with van der Waals surface area (Å²) in [6, 6.07) is 0. The first kappa shape index (κ1) is 6.95. The molecule has 3 N–H and O–H groups in total. The predicted octanol–water partition coefficient (Wildman–Crippen LogP) is -1.55. The molecule has 0 aromatic rings. The molecule has 1 unspecified atom stereocenters. The topological polar surface area (TPSA) is 69.9 Å². The lowest BCUT2D eigenvalue weighted by Crippen LogP contribution is -2.24. The molecule has 4 nitrogen and oxygen atoms in total. The zero-order valence-corrected chi connectivity index (χ0v) is 4.90. The molecule has 1 rings (SSSR count). The molecule has 0 spiro atoms. The van der Waals surface area contributed by atoms with Crippen molar-refractivity contribution in [3.63, 3.8) is 0 Å². The molecule has 0 aromatic carbocycles. The molecule has 3 atom stereocenters. The summed E-state index contributed by atoms with van der Waals surface area (Å²) in [5.41, 5.74) is 0. The van der Waals surface area contributed by atoms with E-state index < -0.39 is 18.5 Å². The normalized spacial score (nSPS) is 43.7. The van der Waals surface area contributed by atoms with Gasteiger partial charge in [-0.3, -0.25) is 0 Å². The van der Waals surface area contributed by atoms with Gasteiger partial charge in [-0.2, -0.15) is 0 Å². The third kappa shape index (κ3) is 1.40. The maximum atomic E-state index is 8.91. The summed E-state index contributed by atoms with van der Waals surface area (Å²) in [5, 5.41) is 26.1. The molecule has 0 aliphatic carbocycles. The van der Waals surface area contributed by atoms with Gasteiger partial charge in [-0.05, 0) is 0 Å². The second-order valence-electron chi connectivity index (χ2n) is 2.11. The maximum Gasteiger partial charge on any atom is 0.157 e. The zero-order chi connectivity index (χ0) is 6.85. The van der Waals surface area contributed by atoms with E-state index in [1.807, 2.05) is 0 Å². The highest BCUT2D eigenvalue weighted by molar-refractivity contribution is 4.75. The lowest BCUT2D eigenvalue weighted by atomic mass is 10.2. The SMILES string of the molecule is OC[C@@H]1O[C@H](O)CC1O. The van der Waals surface area contributed by atoms with Crippen molar-refractivity contribution in [2.24, 2.45) is 0 Å². The fourth-order valence-electron chi connectivity index (χ4n) is 0.871. The van der Waals surface area contributed by atoms with Crippen LogP contribution in [0.2, 0.25) is 0 Å². The highest BCUT2D eigenvalue weighted by atomic mass is 16.6. The first-order valence-corrected chi connectivity index (χ1v) is 2.86. The summed E-state index contributed by atoms with van der Waals surface area (Å²) in [7, 11) is 0. The molecular weight excluding hydrogens is 124 g/mol. The second kappa shape index (κ2) is 2.62. The van der Waals surface area contributed by atoms with Gasteiger partial charge in [0.2, 0.25) is 0 Å². The minimum absolute atomic E-state index is 0.200. The van der Waals surface area contributed by atoms with E-state index in [4.69, 9.17) is 15.3 Å². The zero-order valence-electron chi connectivity index (χ0n) is 4.90.